The van der Waals surface area contributed by atoms with E-state index in [0.717, 1.165) is 26.1 Å². The highest BCUT2D eigenvalue weighted by Gasteiger charge is 2.13. The lowest BCUT2D eigenvalue weighted by atomic mass is 10.1. The smallest absolute Gasteiger partial charge is 0.174 e. The standard InChI is InChI=1S/C25H21FINO2/c1-29-24-14-17(15-28-21-11-9-20(26)10-12-21)13-23(27)25(24)30-16-19-7-4-6-18-5-2-3-8-22(18)19/h2-14,28H,15-16H2,1H3. The van der Waals surface area contributed by atoms with Gasteiger partial charge in [0.05, 0.1) is 10.7 Å². The summed E-state index contributed by atoms with van der Waals surface area (Å²) in [6.45, 7) is 1.06. The zero-order valence-corrected chi connectivity index (χ0v) is 18.6. The van der Waals surface area contributed by atoms with E-state index in [1.54, 1.807) is 19.2 Å². The molecule has 0 saturated heterocycles. The van der Waals surface area contributed by atoms with Crippen LogP contribution in [-0.2, 0) is 13.2 Å². The molecule has 0 amide bonds. The molecule has 0 aliphatic carbocycles. The molecule has 4 rings (SSSR count). The number of fused-ring (bicyclic) bond motifs is 1. The number of hydrogen-bond donors (Lipinski definition) is 1. The monoisotopic (exact) mass is 513 g/mol. The Bertz CT molecular complexity index is 1160. The van der Waals surface area contributed by atoms with Crippen LogP contribution in [0.15, 0.2) is 78.9 Å². The molecule has 0 spiro atoms. The van der Waals surface area contributed by atoms with Crippen LogP contribution in [0.1, 0.15) is 11.1 Å². The summed E-state index contributed by atoms with van der Waals surface area (Å²) in [7, 11) is 1.65. The lowest BCUT2D eigenvalue weighted by Gasteiger charge is -2.16. The third-order valence-electron chi connectivity index (χ3n) is 4.88. The molecule has 0 bridgehead atoms. The molecule has 30 heavy (non-hydrogen) atoms. The van der Waals surface area contributed by atoms with Crippen molar-refractivity contribution in [3.05, 3.63) is 99.4 Å². The van der Waals surface area contributed by atoms with Gasteiger partial charge in [0.25, 0.3) is 0 Å². The third-order valence-corrected chi connectivity index (χ3v) is 5.68. The quantitative estimate of drug-likeness (QED) is 0.277. The van der Waals surface area contributed by atoms with Gasteiger partial charge < -0.3 is 14.8 Å². The highest BCUT2D eigenvalue weighted by atomic mass is 127. The maximum Gasteiger partial charge on any atom is 0.174 e. The van der Waals surface area contributed by atoms with E-state index in [2.05, 4.69) is 58.2 Å². The van der Waals surface area contributed by atoms with Crippen molar-refractivity contribution in [1.82, 2.24) is 0 Å². The lowest BCUT2D eigenvalue weighted by Crippen LogP contribution is -2.04. The van der Waals surface area contributed by atoms with E-state index in [-0.39, 0.29) is 5.82 Å². The van der Waals surface area contributed by atoms with Crippen LogP contribution < -0.4 is 14.8 Å². The fourth-order valence-corrected chi connectivity index (χ4v) is 4.18. The Morgan fingerprint density at radius 3 is 2.50 bits per heavy atom. The van der Waals surface area contributed by atoms with Gasteiger partial charge in [0, 0.05) is 12.2 Å². The summed E-state index contributed by atoms with van der Waals surface area (Å²) < 4.78 is 25.8. The molecule has 0 atom stereocenters. The molecule has 0 aliphatic rings. The lowest BCUT2D eigenvalue weighted by molar-refractivity contribution is 0.283. The predicted octanol–water partition coefficient (Wildman–Crippen LogP) is 6.78. The first kappa shape index (κ1) is 20.5. The maximum atomic E-state index is 13.1. The van der Waals surface area contributed by atoms with E-state index < -0.39 is 0 Å². The summed E-state index contributed by atoms with van der Waals surface area (Å²) in [4.78, 5) is 0. The number of methoxy groups -OCH3 is 1. The average Bonchev–Trinajstić information content (AvgIpc) is 2.77. The summed E-state index contributed by atoms with van der Waals surface area (Å²) in [6, 6.07) is 24.9. The van der Waals surface area contributed by atoms with E-state index in [9.17, 15) is 4.39 Å². The van der Waals surface area contributed by atoms with E-state index >= 15 is 0 Å². The first-order valence-corrected chi connectivity index (χ1v) is 10.7. The average molecular weight is 513 g/mol. The van der Waals surface area contributed by atoms with Gasteiger partial charge in [0.15, 0.2) is 11.5 Å². The van der Waals surface area contributed by atoms with Gasteiger partial charge in [-0.2, -0.15) is 0 Å². The van der Waals surface area contributed by atoms with Crippen molar-refractivity contribution in [3.8, 4) is 11.5 Å². The largest absolute Gasteiger partial charge is 0.493 e. The molecule has 0 aromatic heterocycles. The Kier molecular flexibility index (Phi) is 6.38. The fourth-order valence-electron chi connectivity index (χ4n) is 3.36. The van der Waals surface area contributed by atoms with E-state index in [1.165, 1.54) is 22.9 Å². The second kappa shape index (κ2) is 9.34. The summed E-state index contributed by atoms with van der Waals surface area (Å²) in [5.41, 5.74) is 3.05. The molecule has 0 fully saturated rings. The van der Waals surface area contributed by atoms with Crippen LogP contribution in [0.2, 0.25) is 0 Å². The molecule has 4 aromatic rings. The van der Waals surface area contributed by atoms with E-state index in [0.29, 0.717) is 18.9 Å². The summed E-state index contributed by atoms with van der Waals surface area (Å²) in [5.74, 6) is 1.18. The van der Waals surface area contributed by atoms with Gasteiger partial charge in [-0.1, -0.05) is 42.5 Å². The molecule has 0 heterocycles. The molecule has 5 heteroatoms. The molecular weight excluding hydrogens is 492 g/mol. The number of hydrogen-bond acceptors (Lipinski definition) is 3. The minimum Gasteiger partial charge on any atom is -0.493 e. The maximum absolute atomic E-state index is 13.1. The molecule has 4 aromatic carbocycles. The molecule has 0 radical (unpaired) electrons. The molecular formula is C25H21FINO2. The SMILES string of the molecule is COc1cc(CNc2ccc(F)cc2)cc(I)c1OCc1cccc2ccccc12. The van der Waals surface area contributed by atoms with Gasteiger partial charge in [0.2, 0.25) is 0 Å². The Labute approximate surface area is 189 Å². The van der Waals surface area contributed by atoms with Crippen molar-refractivity contribution in [2.45, 2.75) is 13.2 Å². The van der Waals surface area contributed by atoms with E-state index in [1.807, 2.05) is 24.3 Å². The highest BCUT2D eigenvalue weighted by Crippen LogP contribution is 2.35. The van der Waals surface area contributed by atoms with Crippen LogP contribution in [-0.4, -0.2) is 7.11 Å². The Morgan fingerprint density at radius 1 is 0.933 bits per heavy atom. The van der Waals surface area contributed by atoms with Crippen LogP contribution in [0.4, 0.5) is 10.1 Å². The molecule has 1 N–H and O–H groups in total. The van der Waals surface area contributed by atoms with Crippen molar-refractivity contribution < 1.29 is 13.9 Å². The van der Waals surface area contributed by atoms with Gasteiger partial charge in [-0.05, 0) is 80.9 Å². The minimum atomic E-state index is -0.246. The van der Waals surface area contributed by atoms with Crippen LogP contribution in [0.5, 0.6) is 11.5 Å². The summed E-state index contributed by atoms with van der Waals surface area (Å²) in [6.07, 6.45) is 0. The number of benzene rings is 4. The Hall–Kier alpha value is -2.80. The van der Waals surface area contributed by atoms with Crippen molar-refractivity contribution in [2.24, 2.45) is 0 Å². The Balaban J connectivity index is 1.51. The first-order chi connectivity index (χ1) is 14.6. The molecule has 152 valence electrons. The minimum absolute atomic E-state index is 0.246. The topological polar surface area (TPSA) is 30.5 Å². The zero-order valence-electron chi connectivity index (χ0n) is 16.5. The third kappa shape index (κ3) is 4.67. The summed E-state index contributed by atoms with van der Waals surface area (Å²) in [5, 5.41) is 5.68. The van der Waals surface area contributed by atoms with Gasteiger partial charge in [-0.15, -0.1) is 0 Å². The van der Waals surface area contributed by atoms with Crippen molar-refractivity contribution in [2.75, 3.05) is 12.4 Å². The van der Waals surface area contributed by atoms with Crippen molar-refractivity contribution >= 4 is 39.1 Å². The number of anilines is 1. The van der Waals surface area contributed by atoms with Crippen LogP contribution in [0.25, 0.3) is 10.8 Å². The molecule has 3 nitrogen and oxygen atoms in total. The molecule has 0 aliphatic heterocycles. The number of nitrogens with one attached hydrogen (secondary N) is 1. The van der Waals surface area contributed by atoms with Crippen LogP contribution in [0.3, 0.4) is 0 Å². The molecule has 0 unspecified atom stereocenters. The fraction of sp³-hybridized carbons (Fsp3) is 0.120. The van der Waals surface area contributed by atoms with Crippen LogP contribution >= 0.6 is 22.6 Å². The normalized spacial score (nSPS) is 10.8. The van der Waals surface area contributed by atoms with Crippen LogP contribution in [0, 0.1) is 9.39 Å². The van der Waals surface area contributed by atoms with Gasteiger partial charge in [-0.3, -0.25) is 0 Å². The van der Waals surface area contributed by atoms with Gasteiger partial charge >= 0.3 is 0 Å². The van der Waals surface area contributed by atoms with Gasteiger partial charge in [0.1, 0.15) is 12.4 Å². The second-order valence-electron chi connectivity index (χ2n) is 6.90. The first-order valence-electron chi connectivity index (χ1n) is 9.59. The number of rotatable bonds is 7. The molecule has 0 saturated carbocycles. The zero-order chi connectivity index (χ0) is 20.9. The van der Waals surface area contributed by atoms with Crippen molar-refractivity contribution in [1.29, 1.82) is 0 Å². The Morgan fingerprint density at radius 2 is 1.70 bits per heavy atom. The summed E-state index contributed by atoms with van der Waals surface area (Å²) >= 11 is 2.27. The van der Waals surface area contributed by atoms with Gasteiger partial charge in [-0.25, -0.2) is 4.39 Å². The second-order valence-corrected chi connectivity index (χ2v) is 8.06. The van der Waals surface area contributed by atoms with E-state index in [4.69, 9.17) is 9.47 Å². The highest BCUT2D eigenvalue weighted by molar-refractivity contribution is 14.1. The number of halogens is 2. The number of ether oxygens (including phenoxy) is 2. The predicted molar refractivity (Wildman–Crippen MR) is 128 cm³/mol. The van der Waals surface area contributed by atoms with Crippen molar-refractivity contribution in [3.63, 3.8) is 0 Å².